The predicted molar refractivity (Wildman–Crippen MR) is 102 cm³/mol. The summed E-state index contributed by atoms with van der Waals surface area (Å²) in [6.45, 7) is 0. The van der Waals surface area contributed by atoms with E-state index in [1.165, 1.54) is 0 Å². The highest BCUT2D eigenvalue weighted by Crippen LogP contribution is 2.41. The second-order valence-corrected chi connectivity index (χ2v) is 7.39. The molecule has 1 fully saturated rings. The van der Waals surface area contributed by atoms with Crippen molar-refractivity contribution in [2.75, 3.05) is 5.32 Å². The Morgan fingerprint density at radius 1 is 1.19 bits per heavy atom. The van der Waals surface area contributed by atoms with Gasteiger partial charge in [-0.3, -0.25) is 9.59 Å². The molecule has 0 spiro atoms. The van der Waals surface area contributed by atoms with E-state index in [0.717, 1.165) is 41.6 Å². The van der Waals surface area contributed by atoms with E-state index in [1.807, 2.05) is 36.4 Å². The standard InChI is InChI=1S/C22H21N3O2/c23-14-16-3-1-4-18(12-16)22(9-2-10-22)25-21(27)13-15-5-7-19-17(11-15)6-8-20(26)24-19/h1,3-5,7,11-12H,2,6,8-10,13H2,(H,24,26)(H,25,27). The van der Waals surface area contributed by atoms with Gasteiger partial charge in [-0.2, -0.15) is 5.26 Å². The minimum Gasteiger partial charge on any atom is -0.346 e. The normalized spacial score (nSPS) is 17.1. The number of aryl methyl sites for hydroxylation is 1. The summed E-state index contributed by atoms with van der Waals surface area (Å²) in [4.78, 5) is 24.2. The van der Waals surface area contributed by atoms with Crippen LogP contribution in [0.5, 0.6) is 0 Å². The molecule has 2 amide bonds. The summed E-state index contributed by atoms with van der Waals surface area (Å²) < 4.78 is 0. The molecule has 27 heavy (non-hydrogen) atoms. The van der Waals surface area contributed by atoms with Crippen LogP contribution in [0.1, 0.15) is 47.9 Å². The Morgan fingerprint density at radius 3 is 2.78 bits per heavy atom. The van der Waals surface area contributed by atoms with Crippen LogP contribution in [0.2, 0.25) is 0 Å². The maximum atomic E-state index is 12.7. The topological polar surface area (TPSA) is 82.0 Å². The number of fused-ring (bicyclic) bond motifs is 1. The van der Waals surface area contributed by atoms with Crippen molar-refractivity contribution in [2.24, 2.45) is 0 Å². The van der Waals surface area contributed by atoms with Gasteiger partial charge in [0.05, 0.1) is 23.6 Å². The van der Waals surface area contributed by atoms with Gasteiger partial charge in [0.25, 0.3) is 0 Å². The number of amides is 2. The summed E-state index contributed by atoms with van der Waals surface area (Å²) in [5.74, 6) is 0.0244. The smallest absolute Gasteiger partial charge is 0.225 e. The van der Waals surface area contributed by atoms with E-state index in [2.05, 4.69) is 16.7 Å². The first kappa shape index (κ1) is 17.3. The summed E-state index contributed by atoms with van der Waals surface area (Å²) in [5.41, 5.74) is 4.15. The molecule has 4 rings (SSSR count). The second-order valence-electron chi connectivity index (χ2n) is 7.39. The molecular formula is C22H21N3O2. The molecule has 1 aliphatic heterocycles. The molecule has 2 aromatic carbocycles. The van der Waals surface area contributed by atoms with Gasteiger partial charge in [0.2, 0.25) is 11.8 Å². The summed E-state index contributed by atoms with van der Waals surface area (Å²) in [6, 6.07) is 15.5. The summed E-state index contributed by atoms with van der Waals surface area (Å²) in [7, 11) is 0. The van der Waals surface area contributed by atoms with Gasteiger partial charge in [-0.15, -0.1) is 0 Å². The molecule has 0 unspecified atom stereocenters. The highest BCUT2D eigenvalue weighted by atomic mass is 16.2. The molecule has 0 atom stereocenters. The highest BCUT2D eigenvalue weighted by molar-refractivity contribution is 5.94. The maximum Gasteiger partial charge on any atom is 0.225 e. The molecule has 1 aliphatic carbocycles. The highest BCUT2D eigenvalue weighted by Gasteiger charge is 2.40. The molecule has 2 aromatic rings. The molecule has 0 radical (unpaired) electrons. The quantitative estimate of drug-likeness (QED) is 0.880. The zero-order chi connectivity index (χ0) is 18.9. The van der Waals surface area contributed by atoms with Crippen LogP contribution >= 0.6 is 0 Å². The lowest BCUT2D eigenvalue weighted by Crippen LogP contribution is -2.51. The molecule has 5 heteroatoms. The molecule has 0 saturated heterocycles. The van der Waals surface area contributed by atoms with Gasteiger partial charge in [0, 0.05) is 12.1 Å². The number of nitriles is 1. The lowest BCUT2D eigenvalue weighted by molar-refractivity contribution is -0.123. The Kier molecular flexibility index (Phi) is 4.41. The summed E-state index contributed by atoms with van der Waals surface area (Å²) >= 11 is 0. The molecule has 136 valence electrons. The van der Waals surface area contributed by atoms with Crippen molar-refractivity contribution < 1.29 is 9.59 Å². The Balaban J connectivity index is 1.48. The average Bonchev–Trinajstić information content (AvgIpc) is 2.65. The van der Waals surface area contributed by atoms with E-state index in [9.17, 15) is 9.59 Å². The molecule has 0 bridgehead atoms. The SMILES string of the molecule is N#Cc1cccc(C2(NC(=O)Cc3ccc4c(c3)CCC(=O)N4)CCC2)c1. The molecule has 1 heterocycles. The Hall–Kier alpha value is -3.13. The molecule has 2 N–H and O–H groups in total. The van der Waals surface area contributed by atoms with Gasteiger partial charge in [-0.25, -0.2) is 0 Å². The first-order chi connectivity index (χ1) is 13.1. The van der Waals surface area contributed by atoms with Crippen molar-refractivity contribution >= 4 is 17.5 Å². The van der Waals surface area contributed by atoms with E-state index in [4.69, 9.17) is 5.26 Å². The lowest BCUT2D eigenvalue weighted by atomic mass is 9.71. The van der Waals surface area contributed by atoms with E-state index < -0.39 is 0 Å². The van der Waals surface area contributed by atoms with Crippen LogP contribution in [0, 0.1) is 11.3 Å². The number of hydrogen-bond donors (Lipinski definition) is 2. The minimum absolute atomic E-state index is 0.0168. The van der Waals surface area contributed by atoms with Crippen LogP contribution < -0.4 is 10.6 Å². The fourth-order valence-electron chi connectivity index (χ4n) is 3.95. The predicted octanol–water partition coefficient (Wildman–Crippen LogP) is 3.18. The maximum absolute atomic E-state index is 12.7. The second kappa shape index (κ2) is 6.88. The largest absolute Gasteiger partial charge is 0.346 e. The van der Waals surface area contributed by atoms with Crippen LogP contribution in [0.15, 0.2) is 42.5 Å². The van der Waals surface area contributed by atoms with Crippen LogP contribution in [0.3, 0.4) is 0 Å². The van der Waals surface area contributed by atoms with Gasteiger partial charge >= 0.3 is 0 Å². The summed E-state index contributed by atoms with van der Waals surface area (Å²) in [6.07, 6.45) is 4.35. The molecular weight excluding hydrogens is 338 g/mol. The van der Waals surface area contributed by atoms with Crippen molar-refractivity contribution in [1.82, 2.24) is 5.32 Å². The minimum atomic E-state index is -0.355. The Bertz CT molecular complexity index is 954. The van der Waals surface area contributed by atoms with Crippen molar-refractivity contribution in [3.63, 3.8) is 0 Å². The van der Waals surface area contributed by atoms with Crippen LogP contribution in [-0.4, -0.2) is 11.8 Å². The molecule has 0 aromatic heterocycles. The van der Waals surface area contributed by atoms with E-state index in [-0.39, 0.29) is 17.4 Å². The zero-order valence-corrected chi connectivity index (χ0v) is 15.0. The molecule has 2 aliphatic rings. The van der Waals surface area contributed by atoms with Gasteiger partial charge in [0.15, 0.2) is 0 Å². The average molecular weight is 359 g/mol. The van der Waals surface area contributed by atoms with Crippen LogP contribution in [0.4, 0.5) is 5.69 Å². The fourth-order valence-corrected chi connectivity index (χ4v) is 3.95. The number of benzene rings is 2. The molecule has 5 nitrogen and oxygen atoms in total. The first-order valence-electron chi connectivity index (χ1n) is 9.31. The third kappa shape index (κ3) is 3.43. The number of rotatable bonds is 4. The van der Waals surface area contributed by atoms with Crippen molar-refractivity contribution in [1.29, 1.82) is 5.26 Å². The fraction of sp³-hybridized carbons (Fsp3) is 0.318. The Labute approximate surface area is 158 Å². The molecule has 1 saturated carbocycles. The van der Waals surface area contributed by atoms with Gasteiger partial charge in [0.1, 0.15) is 0 Å². The monoisotopic (exact) mass is 359 g/mol. The number of nitrogens with one attached hydrogen (secondary N) is 2. The van der Waals surface area contributed by atoms with E-state index in [1.54, 1.807) is 6.07 Å². The van der Waals surface area contributed by atoms with Gasteiger partial charge in [-0.05, 0) is 60.6 Å². The number of carbonyl (C=O) groups is 2. The van der Waals surface area contributed by atoms with Crippen molar-refractivity contribution in [3.8, 4) is 6.07 Å². The lowest BCUT2D eigenvalue weighted by Gasteiger charge is -2.43. The third-order valence-electron chi connectivity index (χ3n) is 5.56. The Morgan fingerprint density at radius 2 is 2.04 bits per heavy atom. The van der Waals surface area contributed by atoms with Gasteiger partial charge < -0.3 is 10.6 Å². The third-order valence-corrected chi connectivity index (χ3v) is 5.56. The van der Waals surface area contributed by atoms with E-state index in [0.29, 0.717) is 24.8 Å². The first-order valence-corrected chi connectivity index (χ1v) is 9.31. The van der Waals surface area contributed by atoms with E-state index >= 15 is 0 Å². The van der Waals surface area contributed by atoms with Gasteiger partial charge in [-0.1, -0.05) is 24.3 Å². The summed E-state index contributed by atoms with van der Waals surface area (Å²) in [5, 5.41) is 15.2. The van der Waals surface area contributed by atoms with Crippen molar-refractivity contribution in [3.05, 3.63) is 64.7 Å². The van der Waals surface area contributed by atoms with Crippen LogP contribution in [-0.2, 0) is 28.0 Å². The number of anilines is 1. The zero-order valence-electron chi connectivity index (χ0n) is 15.0. The number of hydrogen-bond acceptors (Lipinski definition) is 3. The number of nitrogens with zero attached hydrogens (tertiary/aromatic N) is 1. The van der Waals surface area contributed by atoms with Crippen molar-refractivity contribution in [2.45, 2.75) is 44.1 Å². The van der Waals surface area contributed by atoms with Crippen LogP contribution in [0.25, 0.3) is 0 Å². The number of carbonyl (C=O) groups excluding carboxylic acids is 2.